The molecule has 7 nitrogen and oxygen atoms in total. The second-order valence-electron chi connectivity index (χ2n) is 7.33. The minimum atomic E-state index is -3.90. The summed E-state index contributed by atoms with van der Waals surface area (Å²) in [5.74, 6) is 0.837. The zero-order valence-electron chi connectivity index (χ0n) is 16.8. The van der Waals surface area contributed by atoms with Crippen LogP contribution in [-0.2, 0) is 10.0 Å². The van der Waals surface area contributed by atoms with Gasteiger partial charge in [0.25, 0.3) is 10.0 Å². The van der Waals surface area contributed by atoms with Crippen molar-refractivity contribution in [3.8, 4) is 11.3 Å². The van der Waals surface area contributed by atoms with Gasteiger partial charge in [0.15, 0.2) is 5.82 Å². The Morgan fingerprint density at radius 2 is 1.71 bits per heavy atom. The first-order valence-corrected chi connectivity index (χ1v) is 11.9. The van der Waals surface area contributed by atoms with Gasteiger partial charge in [-0.15, -0.1) is 10.2 Å². The third-order valence-corrected chi connectivity index (χ3v) is 7.17. The number of piperazine rings is 1. The van der Waals surface area contributed by atoms with E-state index in [0.29, 0.717) is 11.4 Å². The summed E-state index contributed by atoms with van der Waals surface area (Å²) >= 11 is 12.0. The minimum Gasteiger partial charge on any atom is -0.353 e. The van der Waals surface area contributed by atoms with E-state index in [1.54, 1.807) is 18.2 Å². The number of likely N-dealkylation sites (N-methyl/N-ethyl adjacent to an activating group) is 1. The van der Waals surface area contributed by atoms with Crippen LogP contribution in [0.25, 0.3) is 11.3 Å². The number of nitrogens with zero attached hydrogens (tertiary/aromatic N) is 4. The van der Waals surface area contributed by atoms with Crippen molar-refractivity contribution < 1.29 is 8.42 Å². The van der Waals surface area contributed by atoms with Gasteiger partial charge < -0.3 is 9.80 Å². The van der Waals surface area contributed by atoms with E-state index in [0.717, 1.165) is 37.6 Å². The second kappa shape index (κ2) is 9.00. The van der Waals surface area contributed by atoms with Crippen LogP contribution in [0.3, 0.4) is 0 Å². The van der Waals surface area contributed by atoms with Gasteiger partial charge >= 0.3 is 0 Å². The van der Waals surface area contributed by atoms with Gasteiger partial charge in [0.05, 0.1) is 10.7 Å². The highest BCUT2D eigenvalue weighted by Crippen LogP contribution is 2.28. The molecule has 1 N–H and O–H groups in total. The highest BCUT2D eigenvalue weighted by molar-refractivity contribution is 7.92. The summed E-state index contributed by atoms with van der Waals surface area (Å²) in [6.45, 7) is 3.80. The molecule has 0 aliphatic carbocycles. The van der Waals surface area contributed by atoms with E-state index in [9.17, 15) is 8.42 Å². The van der Waals surface area contributed by atoms with E-state index in [4.69, 9.17) is 23.2 Å². The largest absolute Gasteiger partial charge is 0.353 e. The lowest BCUT2D eigenvalue weighted by Gasteiger charge is -2.32. The summed E-state index contributed by atoms with van der Waals surface area (Å²) in [6.07, 6.45) is 0. The molecule has 0 spiro atoms. The van der Waals surface area contributed by atoms with Crippen molar-refractivity contribution in [2.45, 2.75) is 4.90 Å². The Morgan fingerprint density at radius 3 is 2.42 bits per heavy atom. The number of rotatable bonds is 5. The van der Waals surface area contributed by atoms with Crippen molar-refractivity contribution in [2.75, 3.05) is 42.8 Å². The van der Waals surface area contributed by atoms with Crippen molar-refractivity contribution in [1.82, 2.24) is 15.1 Å². The van der Waals surface area contributed by atoms with Gasteiger partial charge in [0.2, 0.25) is 0 Å². The van der Waals surface area contributed by atoms with Crippen LogP contribution in [0.2, 0.25) is 10.0 Å². The van der Waals surface area contributed by atoms with Gasteiger partial charge in [-0.1, -0.05) is 35.3 Å². The van der Waals surface area contributed by atoms with E-state index in [-0.39, 0.29) is 14.9 Å². The average molecular weight is 478 g/mol. The van der Waals surface area contributed by atoms with E-state index < -0.39 is 10.0 Å². The molecular weight excluding hydrogens is 457 g/mol. The Bertz CT molecular complexity index is 1180. The Kier molecular flexibility index (Phi) is 6.34. The number of aromatic nitrogens is 2. The predicted molar refractivity (Wildman–Crippen MR) is 124 cm³/mol. The molecule has 4 rings (SSSR count). The van der Waals surface area contributed by atoms with Crippen LogP contribution in [0.1, 0.15) is 0 Å². The van der Waals surface area contributed by atoms with Gasteiger partial charge in [-0.05, 0) is 49.5 Å². The molecule has 3 aromatic rings. The van der Waals surface area contributed by atoms with Crippen molar-refractivity contribution in [2.24, 2.45) is 0 Å². The molecule has 2 heterocycles. The first-order chi connectivity index (χ1) is 14.8. The minimum absolute atomic E-state index is 0.0802. The van der Waals surface area contributed by atoms with E-state index >= 15 is 0 Å². The molecule has 1 aliphatic heterocycles. The van der Waals surface area contributed by atoms with Crippen LogP contribution < -0.4 is 9.62 Å². The lowest BCUT2D eigenvalue weighted by molar-refractivity contribution is 0.312. The Labute approximate surface area is 191 Å². The Hall–Kier alpha value is -2.39. The highest BCUT2D eigenvalue weighted by atomic mass is 35.5. The fourth-order valence-corrected chi connectivity index (χ4v) is 5.13. The number of hydrogen-bond acceptors (Lipinski definition) is 6. The zero-order chi connectivity index (χ0) is 22.0. The Morgan fingerprint density at radius 1 is 0.935 bits per heavy atom. The van der Waals surface area contributed by atoms with Gasteiger partial charge in [-0.25, -0.2) is 8.42 Å². The molecule has 0 bridgehead atoms. The summed E-state index contributed by atoms with van der Waals surface area (Å²) in [5, 5.41) is 9.09. The lowest BCUT2D eigenvalue weighted by atomic mass is 10.1. The zero-order valence-corrected chi connectivity index (χ0v) is 19.1. The molecule has 10 heteroatoms. The van der Waals surface area contributed by atoms with Gasteiger partial charge in [0, 0.05) is 42.5 Å². The average Bonchev–Trinajstić information content (AvgIpc) is 2.76. The number of halogens is 2. The lowest BCUT2D eigenvalue weighted by Crippen LogP contribution is -2.44. The predicted octanol–water partition coefficient (Wildman–Crippen LogP) is 4.00. The summed E-state index contributed by atoms with van der Waals surface area (Å²) in [7, 11) is -1.80. The van der Waals surface area contributed by atoms with Gasteiger partial charge in [-0.3, -0.25) is 4.72 Å². The summed E-state index contributed by atoms with van der Waals surface area (Å²) in [6, 6.07) is 15.1. The molecule has 1 saturated heterocycles. The quantitative estimate of drug-likeness (QED) is 0.597. The number of sulfonamides is 1. The monoisotopic (exact) mass is 477 g/mol. The topological polar surface area (TPSA) is 78.4 Å². The van der Waals surface area contributed by atoms with Crippen molar-refractivity contribution >= 4 is 44.7 Å². The van der Waals surface area contributed by atoms with Crippen LogP contribution >= 0.6 is 23.2 Å². The maximum atomic E-state index is 12.8. The molecule has 0 amide bonds. The molecule has 1 fully saturated rings. The first kappa shape index (κ1) is 21.8. The third kappa shape index (κ3) is 5.10. The molecule has 1 aromatic heterocycles. The van der Waals surface area contributed by atoms with Crippen molar-refractivity contribution in [3.63, 3.8) is 0 Å². The summed E-state index contributed by atoms with van der Waals surface area (Å²) < 4.78 is 28.1. The standard InChI is InChI=1S/C21H21Cl2N5O2S/c1-27-9-11-28(12-10-27)21-8-7-19(24-25-21)15-3-2-4-17(13-15)26-31(29,30)20-14-16(22)5-6-18(20)23/h2-8,13-14,26H,9-12H2,1H3. The smallest absolute Gasteiger partial charge is 0.263 e. The molecule has 0 saturated carbocycles. The maximum Gasteiger partial charge on any atom is 0.263 e. The Balaban J connectivity index is 1.54. The van der Waals surface area contributed by atoms with Gasteiger partial charge in [0.1, 0.15) is 4.90 Å². The molecular formula is C21H21Cl2N5O2S. The molecule has 0 radical (unpaired) electrons. The van der Waals surface area contributed by atoms with Crippen molar-refractivity contribution in [1.29, 1.82) is 0 Å². The van der Waals surface area contributed by atoms with Crippen LogP contribution in [0.4, 0.5) is 11.5 Å². The number of benzene rings is 2. The number of nitrogens with one attached hydrogen (secondary N) is 1. The highest BCUT2D eigenvalue weighted by Gasteiger charge is 2.19. The first-order valence-electron chi connectivity index (χ1n) is 9.67. The van der Waals surface area contributed by atoms with E-state index in [2.05, 4.69) is 31.8 Å². The van der Waals surface area contributed by atoms with Crippen LogP contribution in [0.5, 0.6) is 0 Å². The van der Waals surface area contributed by atoms with Gasteiger partial charge in [-0.2, -0.15) is 0 Å². The molecule has 0 unspecified atom stereocenters. The maximum absolute atomic E-state index is 12.8. The van der Waals surface area contributed by atoms with Crippen LogP contribution in [0, 0.1) is 0 Å². The fourth-order valence-electron chi connectivity index (χ4n) is 3.32. The second-order valence-corrected chi connectivity index (χ2v) is 9.82. The SMILES string of the molecule is CN1CCN(c2ccc(-c3cccc(NS(=O)(=O)c4cc(Cl)ccc4Cl)c3)nn2)CC1. The van der Waals surface area contributed by atoms with Crippen molar-refractivity contribution in [3.05, 3.63) is 64.6 Å². The van der Waals surface area contributed by atoms with Crippen LogP contribution in [0.15, 0.2) is 59.5 Å². The normalized spacial score (nSPS) is 15.1. The molecule has 1 aliphatic rings. The van der Waals surface area contributed by atoms with Crippen LogP contribution in [-0.4, -0.2) is 56.7 Å². The number of anilines is 2. The van der Waals surface area contributed by atoms with E-state index in [1.165, 1.54) is 18.2 Å². The number of hydrogen-bond donors (Lipinski definition) is 1. The molecule has 31 heavy (non-hydrogen) atoms. The summed E-state index contributed by atoms with van der Waals surface area (Å²) in [4.78, 5) is 4.40. The third-order valence-electron chi connectivity index (χ3n) is 5.07. The van der Waals surface area contributed by atoms with E-state index in [1.807, 2.05) is 18.2 Å². The molecule has 162 valence electrons. The fraction of sp³-hybridized carbons (Fsp3) is 0.238. The molecule has 0 atom stereocenters. The summed E-state index contributed by atoms with van der Waals surface area (Å²) in [5.41, 5.74) is 1.79. The molecule has 2 aromatic carbocycles.